The Morgan fingerprint density at radius 2 is 1.88 bits per heavy atom. The molecule has 0 aliphatic carbocycles. The Labute approximate surface area is 154 Å². The quantitative estimate of drug-likeness (QED) is 0.694. The molecule has 6 nitrogen and oxygen atoms in total. The fourth-order valence-corrected chi connectivity index (χ4v) is 2.72. The van der Waals surface area contributed by atoms with Crippen LogP contribution in [0.1, 0.15) is 17.3 Å². The molecule has 0 spiro atoms. The molecule has 2 aromatic carbocycles. The van der Waals surface area contributed by atoms with E-state index in [4.69, 9.17) is 4.74 Å². The van der Waals surface area contributed by atoms with Crippen LogP contribution >= 0.6 is 11.3 Å². The first-order chi connectivity index (χ1) is 12.6. The van der Waals surface area contributed by atoms with Crippen LogP contribution in [0.15, 0.2) is 66.2 Å². The number of nitrogens with one attached hydrogen (secondary N) is 2. The van der Waals surface area contributed by atoms with Gasteiger partial charge in [-0.1, -0.05) is 24.3 Å². The van der Waals surface area contributed by atoms with E-state index >= 15 is 0 Å². The number of hydrogen-bond donors (Lipinski definition) is 2. The van der Waals surface area contributed by atoms with Gasteiger partial charge in [0.15, 0.2) is 11.2 Å². The highest BCUT2D eigenvalue weighted by Gasteiger charge is 2.16. The zero-order valence-corrected chi connectivity index (χ0v) is 14.8. The molecule has 1 unspecified atom stereocenters. The van der Waals surface area contributed by atoms with Crippen molar-refractivity contribution in [2.75, 3.05) is 10.6 Å². The maximum absolute atomic E-state index is 12.3. The highest BCUT2D eigenvalue weighted by atomic mass is 32.1. The lowest BCUT2D eigenvalue weighted by molar-refractivity contribution is -0.122. The Morgan fingerprint density at radius 1 is 1.08 bits per heavy atom. The number of amides is 2. The van der Waals surface area contributed by atoms with Crippen LogP contribution in [0.2, 0.25) is 0 Å². The van der Waals surface area contributed by atoms with Gasteiger partial charge in [-0.05, 0) is 37.3 Å². The summed E-state index contributed by atoms with van der Waals surface area (Å²) in [5, 5.41) is 7.77. The summed E-state index contributed by atoms with van der Waals surface area (Å²) in [5.74, 6) is 0.0303. The van der Waals surface area contributed by atoms with E-state index in [2.05, 4.69) is 15.6 Å². The Balaban J connectivity index is 1.62. The molecule has 3 rings (SSSR count). The molecule has 1 heterocycles. The lowest BCUT2D eigenvalue weighted by Crippen LogP contribution is -2.30. The van der Waals surface area contributed by atoms with E-state index in [1.165, 1.54) is 11.3 Å². The molecular formula is C19H17N3O3S. The third kappa shape index (κ3) is 4.67. The smallest absolute Gasteiger partial charge is 0.265 e. The van der Waals surface area contributed by atoms with Gasteiger partial charge in [0.2, 0.25) is 0 Å². The number of aromatic nitrogens is 1. The van der Waals surface area contributed by atoms with Crippen molar-refractivity contribution in [3.8, 4) is 5.75 Å². The van der Waals surface area contributed by atoms with Gasteiger partial charge >= 0.3 is 0 Å². The minimum atomic E-state index is -0.676. The van der Waals surface area contributed by atoms with E-state index in [0.29, 0.717) is 22.1 Å². The molecule has 0 aliphatic heterocycles. The average molecular weight is 367 g/mol. The molecule has 0 fully saturated rings. The van der Waals surface area contributed by atoms with E-state index in [1.54, 1.807) is 54.9 Å². The molecule has 2 N–H and O–H groups in total. The zero-order chi connectivity index (χ0) is 18.4. The number of hydrogen-bond acceptors (Lipinski definition) is 5. The molecule has 3 aromatic rings. The Kier molecular flexibility index (Phi) is 5.60. The van der Waals surface area contributed by atoms with Crippen molar-refractivity contribution in [3.05, 3.63) is 71.7 Å². The number of anilines is 2. The van der Waals surface area contributed by atoms with Gasteiger partial charge in [-0.15, -0.1) is 11.3 Å². The van der Waals surface area contributed by atoms with Crippen molar-refractivity contribution < 1.29 is 14.3 Å². The van der Waals surface area contributed by atoms with Gasteiger partial charge < -0.3 is 10.1 Å². The average Bonchev–Trinajstić information content (AvgIpc) is 3.15. The third-order valence-electron chi connectivity index (χ3n) is 3.47. The third-order valence-corrected chi connectivity index (χ3v) is 4.16. The van der Waals surface area contributed by atoms with E-state index in [-0.39, 0.29) is 11.8 Å². The minimum absolute atomic E-state index is 0.287. The van der Waals surface area contributed by atoms with Crippen LogP contribution in [0.5, 0.6) is 5.75 Å². The predicted molar refractivity (Wildman–Crippen MR) is 102 cm³/mol. The first-order valence-corrected chi connectivity index (χ1v) is 8.83. The molecule has 1 aromatic heterocycles. The van der Waals surface area contributed by atoms with Crippen LogP contribution < -0.4 is 15.4 Å². The monoisotopic (exact) mass is 367 g/mol. The van der Waals surface area contributed by atoms with Crippen molar-refractivity contribution in [1.82, 2.24) is 4.98 Å². The first-order valence-electron chi connectivity index (χ1n) is 7.95. The number of carbonyl (C=O) groups excluding carboxylic acids is 2. The van der Waals surface area contributed by atoms with Crippen LogP contribution in [0.3, 0.4) is 0 Å². The van der Waals surface area contributed by atoms with Gasteiger partial charge in [-0.2, -0.15) is 0 Å². The topological polar surface area (TPSA) is 80.3 Å². The maximum atomic E-state index is 12.3. The summed E-state index contributed by atoms with van der Waals surface area (Å²) in [7, 11) is 0. The number of para-hydroxylation sites is 1. The number of rotatable bonds is 6. The Hall–Kier alpha value is -3.19. The van der Waals surface area contributed by atoms with Gasteiger partial charge in [0.05, 0.1) is 0 Å². The maximum Gasteiger partial charge on any atom is 0.265 e. The second kappa shape index (κ2) is 8.26. The molecule has 7 heteroatoms. The molecule has 0 radical (unpaired) electrons. The standard InChI is InChI=1S/C19H17N3O3S/c1-13(25-16-8-3-2-4-9-16)17(23)21-15-7-5-6-14(12-15)18(24)22-19-20-10-11-26-19/h2-13H,1H3,(H,21,23)(H,20,22,24). The summed E-state index contributed by atoms with van der Waals surface area (Å²) < 4.78 is 5.60. The van der Waals surface area contributed by atoms with Gasteiger partial charge in [-0.25, -0.2) is 4.98 Å². The van der Waals surface area contributed by atoms with E-state index in [9.17, 15) is 9.59 Å². The van der Waals surface area contributed by atoms with Crippen molar-refractivity contribution in [2.45, 2.75) is 13.0 Å². The molecule has 1 atom stereocenters. The number of thiazole rings is 1. The SMILES string of the molecule is CC(Oc1ccccc1)C(=O)Nc1cccc(C(=O)Nc2nccs2)c1. The van der Waals surface area contributed by atoms with Crippen LogP contribution in [-0.4, -0.2) is 22.9 Å². The lowest BCUT2D eigenvalue weighted by Gasteiger charge is -2.15. The highest BCUT2D eigenvalue weighted by molar-refractivity contribution is 7.13. The summed E-state index contributed by atoms with van der Waals surface area (Å²) in [4.78, 5) is 28.6. The summed E-state index contributed by atoms with van der Waals surface area (Å²) in [6.07, 6.45) is 0.940. The van der Waals surface area contributed by atoms with Crippen LogP contribution in [0.25, 0.3) is 0 Å². The highest BCUT2D eigenvalue weighted by Crippen LogP contribution is 2.16. The lowest BCUT2D eigenvalue weighted by atomic mass is 10.2. The number of carbonyl (C=O) groups is 2. The first kappa shape index (κ1) is 17.6. The van der Waals surface area contributed by atoms with E-state index in [1.807, 2.05) is 18.2 Å². The van der Waals surface area contributed by atoms with Gasteiger partial charge in [0.25, 0.3) is 11.8 Å². The number of benzene rings is 2. The largest absolute Gasteiger partial charge is 0.481 e. The predicted octanol–water partition coefficient (Wildman–Crippen LogP) is 3.80. The van der Waals surface area contributed by atoms with Gasteiger partial charge in [0, 0.05) is 22.8 Å². The summed E-state index contributed by atoms with van der Waals surface area (Å²) in [6.45, 7) is 1.67. The Morgan fingerprint density at radius 3 is 2.62 bits per heavy atom. The van der Waals surface area contributed by atoms with Crippen molar-refractivity contribution in [2.24, 2.45) is 0 Å². The molecule has 26 heavy (non-hydrogen) atoms. The van der Waals surface area contributed by atoms with Gasteiger partial charge in [-0.3, -0.25) is 14.9 Å². The number of ether oxygens (including phenoxy) is 1. The summed E-state index contributed by atoms with van der Waals surface area (Å²) in [6, 6.07) is 15.8. The molecule has 0 saturated carbocycles. The minimum Gasteiger partial charge on any atom is -0.481 e. The fraction of sp³-hybridized carbons (Fsp3) is 0.105. The molecule has 0 bridgehead atoms. The number of nitrogens with zero attached hydrogens (tertiary/aromatic N) is 1. The van der Waals surface area contributed by atoms with Crippen molar-refractivity contribution in [1.29, 1.82) is 0 Å². The molecule has 132 valence electrons. The molecule has 0 saturated heterocycles. The van der Waals surface area contributed by atoms with Gasteiger partial charge in [0.1, 0.15) is 5.75 Å². The molecule has 2 amide bonds. The van der Waals surface area contributed by atoms with Crippen molar-refractivity contribution >= 4 is 34.0 Å². The van der Waals surface area contributed by atoms with Crippen LogP contribution in [-0.2, 0) is 4.79 Å². The second-order valence-electron chi connectivity index (χ2n) is 5.43. The second-order valence-corrected chi connectivity index (χ2v) is 6.33. The molecule has 0 aliphatic rings. The fourth-order valence-electron chi connectivity index (χ4n) is 2.19. The normalized spacial score (nSPS) is 11.4. The Bertz CT molecular complexity index is 882. The van der Waals surface area contributed by atoms with Crippen LogP contribution in [0.4, 0.5) is 10.8 Å². The summed E-state index contributed by atoms with van der Waals surface area (Å²) >= 11 is 1.34. The zero-order valence-electron chi connectivity index (χ0n) is 14.0. The summed E-state index contributed by atoms with van der Waals surface area (Å²) in [5.41, 5.74) is 0.944. The van der Waals surface area contributed by atoms with E-state index in [0.717, 1.165) is 0 Å². The van der Waals surface area contributed by atoms with Crippen LogP contribution in [0, 0.1) is 0 Å². The van der Waals surface area contributed by atoms with E-state index < -0.39 is 6.10 Å². The van der Waals surface area contributed by atoms with Crippen molar-refractivity contribution in [3.63, 3.8) is 0 Å². The molecular weight excluding hydrogens is 350 g/mol.